The molecule has 0 heterocycles. The monoisotopic (exact) mass is 209 g/mol. The average Bonchev–Trinajstić information content (AvgIpc) is 2.23. The van der Waals surface area contributed by atoms with Gasteiger partial charge in [-0.15, -0.1) is 0 Å². The van der Waals surface area contributed by atoms with Crippen LogP contribution >= 0.6 is 0 Å². The van der Waals surface area contributed by atoms with Crippen LogP contribution < -0.4 is 0 Å². The van der Waals surface area contributed by atoms with E-state index in [9.17, 15) is 0 Å². The van der Waals surface area contributed by atoms with E-state index in [4.69, 9.17) is 4.74 Å². The van der Waals surface area contributed by atoms with Gasteiger partial charge in [-0.05, 0) is 17.9 Å². The van der Waals surface area contributed by atoms with Gasteiger partial charge in [-0.3, -0.25) is 4.99 Å². The quantitative estimate of drug-likeness (QED) is 0.372. The molecule has 0 N–H and O–H groups in total. The molecule has 0 saturated heterocycles. The van der Waals surface area contributed by atoms with Gasteiger partial charge in [-0.2, -0.15) is 0 Å². The topological polar surface area (TPSA) is 21.6 Å². The lowest BCUT2D eigenvalue weighted by Crippen LogP contribution is -2.03. The number of ether oxygens (including phenoxy) is 1. The Balaban J connectivity index is 4.79. The van der Waals surface area contributed by atoms with Gasteiger partial charge in [0.25, 0.3) is 0 Å². The second-order valence-corrected chi connectivity index (χ2v) is 3.86. The minimum absolute atomic E-state index is 0.399. The molecule has 0 aromatic rings. The SMILES string of the molecule is C=C(/C(=C\C(CCC)=N/C)OC)C(C)C. The molecule has 15 heavy (non-hydrogen) atoms. The maximum absolute atomic E-state index is 5.33. The molecule has 0 amide bonds. The van der Waals surface area contributed by atoms with E-state index in [0.29, 0.717) is 5.92 Å². The van der Waals surface area contributed by atoms with Gasteiger partial charge < -0.3 is 4.74 Å². The van der Waals surface area contributed by atoms with E-state index in [-0.39, 0.29) is 0 Å². The third kappa shape index (κ3) is 4.82. The minimum atomic E-state index is 0.399. The van der Waals surface area contributed by atoms with Gasteiger partial charge in [-0.25, -0.2) is 0 Å². The maximum Gasteiger partial charge on any atom is 0.123 e. The largest absolute Gasteiger partial charge is 0.496 e. The molecular weight excluding hydrogens is 186 g/mol. The van der Waals surface area contributed by atoms with E-state index in [1.54, 1.807) is 7.11 Å². The zero-order valence-electron chi connectivity index (χ0n) is 10.6. The second-order valence-electron chi connectivity index (χ2n) is 3.86. The second kappa shape index (κ2) is 7.27. The fourth-order valence-electron chi connectivity index (χ4n) is 1.22. The molecule has 0 aliphatic heterocycles. The first-order valence-electron chi connectivity index (χ1n) is 5.47. The third-order valence-electron chi connectivity index (χ3n) is 2.32. The Morgan fingerprint density at radius 3 is 2.40 bits per heavy atom. The summed E-state index contributed by atoms with van der Waals surface area (Å²) in [6.07, 6.45) is 4.06. The average molecular weight is 209 g/mol. The molecule has 0 bridgehead atoms. The molecule has 0 radical (unpaired) electrons. The van der Waals surface area contributed by atoms with Crippen LogP contribution in [0.1, 0.15) is 33.6 Å². The summed E-state index contributed by atoms with van der Waals surface area (Å²) in [4.78, 5) is 4.23. The van der Waals surface area contributed by atoms with Gasteiger partial charge in [0.1, 0.15) is 5.76 Å². The van der Waals surface area contributed by atoms with Crippen LogP contribution in [0.3, 0.4) is 0 Å². The molecule has 0 aromatic carbocycles. The van der Waals surface area contributed by atoms with Crippen LogP contribution in [0.5, 0.6) is 0 Å². The third-order valence-corrected chi connectivity index (χ3v) is 2.32. The van der Waals surface area contributed by atoms with Crippen molar-refractivity contribution in [3.63, 3.8) is 0 Å². The lowest BCUT2D eigenvalue weighted by Gasteiger charge is -2.13. The first kappa shape index (κ1) is 13.9. The Bertz CT molecular complexity index is 262. The van der Waals surface area contributed by atoms with Crippen molar-refractivity contribution in [1.82, 2.24) is 0 Å². The molecule has 0 rings (SSSR count). The number of hydrogen-bond acceptors (Lipinski definition) is 2. The number of hydrogen-bond donors (Lipinski definition) is 0. The number of methoxy groups -OCH3 is 1. The molecule has 0 spiro atoms. The molecule has 0 aromatic heterocycles. The predicted molar refractivity (Wildman–Crippen MR) is 67.3 cm³/mol. The normalized spacial score (nSPS) is 13.2. The molecule has 0 aliphatic rings. The van der Waals surface area contributed by atoms with Crippen LogP contribution in [0.15, 0.2) is 29.0 Å². The number of aliphatic imine (C=N–C) groups is 1. The van der Waals surface area contributed by atoms with Crippen LogP contribution in [0, 0.1) is 5.92 Å². The summed E-state index contributed by atoms with van der Waals surface area (Å²) in [5.41, 5.74) is 2.09. The van der Waals surface area contributed by atoms with E-state index >= 15 is 0 Å². The van der Waals surface area contributed by atoms with Gasteiger partial charge in [0, 0.05) is 18.8 Å². The van der Waals surface area contributed by atoms with Crippen molar-refractivity contribution in [3.05, 3.63) is 24.0 Å². The minimum Gasteiger partial charge on any atom is -0.496 e. The summed E-state index contributed by atoms with van der Waals surface area (Å²) in [6.45, 7) is 10.4. The molecular formula is C13H23NO. The Hall–Kier alpha value is -1.05. The van der Waals surface area contributed by atoms with Gasteiger partial charge in [0.15, 0.2) is 0 Å². The molecule has 0 aliphatic carbocycles. The molecule has 0 fully saturated rings. The van der Waals surface area contributed by atoms with Gasteiger partial charge >= 0.3 is 0 Å². The lowest BCUT2D eigenvalue weighted by atomic mass is 10.0. The van der Waals surface area contributed by atoms with Crippen molar-refractivity contribution in [1.29, 1.82) is 0 Å². The summed E-state index contributed by atoms with van der Waals surface area (Å²) in [7, 11) is 3.49. The van der Waals surface area contributed by atoms with Gasteiger partial charge in [-0.1, -0.05) is 33.8 Å². The van der Waals surface area contributed by atoms with Gasteiger partial charge in [0.05, 0.1) is 7.11 Å². The van der Waals surface area contributed by atoms with Gasteiger partial charge in [0.2, 0.25) is 0 Å². The highest BCUT2D eigenvalue weighted by Gasteiger charge is 2.08. The Labute approximate surface area is 93.7 Å². The highest BCUT2D eigenvalue weighted by Crippen LogP contribution is 2.18. The van der Waals surface area contributed by atoms with Crippen LogP contribution in [0.2, 0.25) is 0 Å². The van der Waals surface area contributed by atoms with E-state index in [2.05, 4.69) is 32.3 Å². The summed E-state index contributed by atoms with van der Waals surface area (Å²) in [6, 6.07) is 0. The highest BCUT2D eigenvalue weighted by molar-refractivity contribution is 5.95. The van der Waals surface area contributed by atoms with E-state index in [1.807, 2.05) is 13.1 Å². The van der Waals surface area contributed by atoms with E-state index in [0.717, 1.165) is 29.9 Å². The fraction of sp³-hybridized carbons (Fsp3) is 0.615. The highest BCUT2D eigenvalue weighted by atomic mass is 16.5. The van der Waals surface area contributed by atoms with Crippen molar-refractivity contribution in [2.24, 2.45) is 10.9 Å². The summed E-state index contributed by atoms with van der Waals surface area (Å²) < 4.78 is 5.33. The molecule has 2 nitrogen and oxygen atoms in total. The smallest absolute Gasteiger partial charge is 0.123 e. The summed E-state index contributed by atoms with van der Waals surface area (Å²) >= 11 is 0. The molecule has 0 saturated carbocycles. The van der Waals surface area contributed by atoms with Crippen LogP contribution in [0.25, 0.3) is 0 Å². The van der Waals surface area contributed by atoms with Crippen molar-refractivity contribution >= 4 is 5.71 Å². The van der Waals surface area contributed by atoms with Crippen LogP contribution in [0.4, 0.5) is 0 Å². The predicted octanol–water partition coefficient (Wildman–Crippen LogP) is 3.60. The molecule has 0 unspecified atom stereocenters. The Morgan fingerprint density at radius 1 is 1.47 bits per heavy atom. The maximum atomic E-state index is 5.33. The molecule has 2 heteroatoms. The Kier molecular flexibility index (Phi) is 6.76. The lowest BCUT2D eigenvalue weighted by molar-refractivity contribution is 0.295. The van der Waals surface area contributed by atoms with Crippen LogP contribution in [-0.2, 0) is 4.74 Å². The van der Waals surface area contributed by atoms with Crippen molar-refractivity contribution < 1.29 is 4.74 Å². The summed E-state index contributed by atoms with van der Waals surface area (Å²) in [5.74, 6) is 1.25. The first-order chi connectivity index (χ1) is 7.06. The number of allylic oxidation sites excluding steroid dienone is 2. The number of rotatable bonds is 6. The first-order valence-corrected chi connectivity index (χ1v) is 5.47. The zero-order valence-corrected chi connectivity index (χ0v) is 10.6. The zero-order chi connectivity index (χ0) is 11.8. The van der Waals surface area contributed by atoms with Crippen molar-refractivity contribution in [2.75, 3.05) is 14.2 Å². The van der Waals surface area contributed by atoms with Crippen molar-refractivity contribution in [2.45, 2.75) is 33.6 Å². The van der Waals surface area contributed by atoms with Crippen molar-refractivity contribution in [3.8, 4) is 0 Å². The fourth-order valence-corrected chi connectivity index (χ4v) is 1.22. The molecule has 0 atom stereocenters. The number of nitrogens with zero attached hydrogens (tertiary/aromatic N) is 1. The van der Waals surface area contributed by atoms with Crippen LogP contribution in [-0.4, -0.2) is 19.9 Å². The molecule has 86 valence electrons. The summed E-state index contributed by atoms with van der Waals surface area (Å²) in [5, 5.41) is 0. The van der Waals surface area contributed by atoms with E-state index < -0.39 is 0 Å². The standard InChI is InChI=1S/C13H23NO/c1-7-8-12(14-5)9-13(15-6)11(4)10(2)3/h9-10H,4,7-8H2,1-3,5-6H3/b13-9+,14-12-. The Morgan fingerprint density at radius 2 is 2.07 bits per heavy atom. The van der Waals surface area contributed by atoms with E-state index in [1.165, 1.54) is 0 Å².